The van der Waals surface area contributed by atoms with Gasteiger partial charge in [-0.05, 0) is 30.9 Å². The second kappa shape index (κ2) is 4.45. The Kier molecular flexibility index (Phi) is 2.81. The molecule has 2 aromatic rings. The summed E-state index contributed by atoms with van der Waals surface area (Å²) in [5, 5.41) is 1.07. The molecule has 1 aliphatic rings. The fraction of sp³-hybridized carbons (Fsp3) is 0.385. The van der Waals surface area contributed by atoms with Crippen molar-refractivity contribution in [3.05, 3.63) is 41.2 Å². The van der Waals surface area contributed by atoms with Crippen LogP contribution in [0, 0.1) is 6.92 Å². The highest BCUT2D eigenvalue weighted by atomic mass is 32.1. The number of anilines is 1. The molecule has 0 unspecified atom stereocenters. The summed E-state index contributed by atoms with van der Waals surface area (Å²) >= 11 is 1.51. The van der Waals surface area contributed by atoms with Gasteiger partial charge in [-0.25, -0.2) is 4.98 Å². The van der Waals surface area contributed by atoms with Crippen LogP contribution in [-0.4, -0.2) is 22.4 Å². The van der Waals surface area contributed by atoms with Gasteiger partial charge in [0, 0.05) is 24.6 Å². The number of aryl methyl sites for hydroxylation is 1. The highest BCUT2D eigenvalue weighted by Gasteiger charge is 2.16. The average Bonchev–Trinajstić information content (AvgIpc) is 2.66. The van der Waals surface area contributed by atoms with Crippen LogP contribution in [0.3, 0.4) is 0 Å². The first-order chi connectivity index (χ1) is 8.33. The molecule has 1 aromatic heterocycles. The lowest BCUT2D eigenvalue weighted by Gasteiger charge is -2.17. The van der Waals surface area contributed by atoms with E-state index in [9.17, 15) is 0 Å². The van der Waals surface area contributed by atoms with Crippen LogP contribution >= 0.6 is 11.5 Å². The Balaban J connectivity index is 1.81. The van der Waals surface area contributed by atoms with Crippen molar-refractivity contribution in [3.63, 3.8) is 0 Å². The molecule has 0 saturated heterocycles. The third-order valence-corrected chi connectivity index (χ3v) is 4.08. The standard InChI is InChI=1S/C13H15N3S/c1-10-14-13(17-15-10)16-8-6-11-4-2-3-5-12(11)7-9-16/h2-5H,6-9H2,1H3. The second-order valence-corrected chi connectivity index (χ2v) is 5.11. The Morgan fingerprint density at radius 1 is 1.12 bits per heavy atom. The smallest absolute Gasteiger partial charge is 0.205 e. The summed E-state index contributed by atoms with van der Waals surface area (Å²) in [6.07, 6.45) is 2.21. The predicted octanol–water partition coefficient (Wildman–Crippen LogP) is 2.45. The predicted molar refractivity (Wildman–Crippen MR) is 70.7 cm³/mol. The quantitative estimate of drug-likeness (QED) is 0.773. The van der Waals surface area contributed by atoms with E-state index in [1.54, 1.807) is 0 Å². The van der Waals surface area contributed by atoms with Gasteiger partial charge < -0.3 is 4.90 Å². The maximum absolute atomic E-state index is 4.47. The lowest BCUT2D eigenvalue weighted by molar-refractivity contribution is 0.799. The zero-order chi connectivity index (χ0) is 11.7. The van der Waals surface area contributed by atoms with Gasteiger partial charge >= 0.3 is 0 Å². The van der Waals surface area contributed by atoms with Crippen molar-refractivity contribution in [3.8, 4) is 0 Å². The van der Waals surface area contributed by atoms with Crippen LogP contribution in [0.2, 0.25) is 0 Å². The van der Waals surface area contributed by atoms with Crippen LogP contribution < -0.4 is 4.90 Å². The number of aromatic nitrogens is 2. The highest BCUT2D eigenvalue weighted by Crippen LogP contribution is 2.22. The maximum Gasteiger partial charge on any atom is 0.205 e. The SMILES string of the molecule is Cc1nsc(N2CCc3ccccc3CC2)n1. The highest BCUT2D eigenvalue weighted by molar-refractivity contribution is 7.09. The Labute approximate surface area is 105 Å². The van der Waals surface area contributed by atoms with E-state index in [4.69, 9.17) is 0 Å². The summed E-state index contributed by atoms with van der Waals surface area (Å²) in [6, 6.07) is 8.74. The zero-order valence-corrected chi connectivity index (χ0v) is 10.7. The normalized spacial score (nSPS) is 15.5. The van der Waals surface area contributed by atoms with E-state index in [1.807, 2.05) is 6.92 Å². The van der Waals surface area contributed by atoms with Crippen molar-refractivity contribution < 1.29 is 0 Å². The fourth-order valence-corrected chi connectivity index (χ4v) is 3.00. The summed E-state index contributed by atoms with van der Waals surface area (Å²) in [7, 11) is 0. The minimum atomic E-state index is 0.881. The molecule has 0 spiro atoms. The molecule has 0 N–H and O–H groups in total. The molecular formula is C13H15N3S. The van der Waals surface area contributed by atoms with Crippen molar-refractivity contribution in [2.75, 3.05) is 18.0 Å². The van der Waals surface area contributed by atoms with Crippen molar-refractivity contribution in [1.29, 1.82) is 0 Å². The summed E-state index contributed by atoms with van der Waals surface area (Å²) in [5.41, 5.74) is 2.97. The minimum absolute atomic E-state index is 0.881. The number of fused-ring (bicyclic) bond motifs is 1. The zero-order valence-electron chi connectivity index (χ0n) is 9.89. The van der Waals surface area contributed by atoms with E-state index >= 15 is 0 Å². The number of rotatable bonds is 1. The van der Waals surface area contributed by atoms with Crippen LogP contribution in [0.25, 0.3) is 0 Å². The van der Waals surface area contributed by atoms with Gasteiger partial charge in [-0.15, -0.1) is 0 Å². The van der Waals surface area contributed by atoms with E-state index in [2.05, 4.69) is 38.5 Å². The van der Waals surface area contributed by atoms with Crippen LogP contribution in [0.5, 0.6) is 0 Å². The van der Waals surface area contributed by atoms with Crippen molar-refractivity contribution in [2.45, 2.75) is 19.8 Å². The average molecular weight is 245 g/mol. The van der Waals surface area contributed by atoms with Gasteiger partial charge in [0.1, 0.15) is 5.82 Å². The molecule has 1 aromatic carbocycles. The van der Waals surface area contributed by atoms with E-state index in [-0.39, 0.29) is 0 Å². The Hall–Kier alpha value is -1.42. The molecule has 0 amide bonds. The van der Waals surface area contributed by atoms with Crippen LogP contribution in [0.4, 0.5) is 5.13 Å². The Bertz CT molecular complexity index is 494. The lowest BCUT2D eigenvalue weighted by atomic mass is 10.0. The molecule has 2 heterocycles. The van der Waals surface area contributed by atoms with E-state index in [1.165, 1.54) is 22.7 Å². The van der Waals surface area contributed by atoms with Gasteiger partial charge in [-0.2, -0.15) is 4.37 Å². The number of hydrogen-bond donors (Lipinski definition) is 0. The number of nitrogens with zero attached hydrogens (tertiary/aromatic N) is 3. The molecule has 3 rings (SSSR count). The van der Waals surface area contributed by atoms with Crippen molar-refractivity contribution in [1.82, 2.24) is 9.36 Å². The molecule has 0 atom stereocenters. The van der Waals surface area contributed by atoms with Crippen LogP contribution in [-0.2, 0) is 12.8 Å². The molecular weight excluding hydrogens is 230 g/mol. The molecule has 0 radical (unpaired) electrons. The lowest BCUT2D eigenvalue weighted by Crippen LogP contribution is -2.25. The summed E-state index contributed by atoms with van der Waals surface area (Å²) in [5.74, 6) is 0.881. The van der Waals surface area contributed by atoms with Crippen molar-refractivity contribution in [2.24, 2.45) is 0 Å². The largest absolute Gasteiger partial charge is 0.346 e. The second-order valence-electron chi connectivity index (χ2n) is 4.38. The first-order valence-corrected chi connectivity index (χ1v) is 6.72. The summed E-state index contributed by atoms with van der Waals surface area (Å²) in [6.45, 7) is 4.05. The Morgan fingerprint density at radius 2 is 1.76 bits per heavy atom. The first-order valence-electron chi connectivity index (χ1n) is 5.95. The Morgan fingerprint density at radius 3 is 2.29 bits per heavy atom. The van der Waals surface area contributed by atoms with Gasteiger partial charge in [0.25, 0.3) is 0 Å². The molecule has 0 aliphatic carbocycles. The van der Waals surface area contributed by atoms with E-state index in [0.29, 0.717) is 0 Å². The molecule has 0 bridgehead atoms. The monoisotopic (exact) mass is 245 g/mol. The van der Waals surface area contributed by atoms with Crippen LogP contribution in [0.1, 0.15) is 17.0 Å². The fourth-order valence-electron chi connectivity index (χ4n) is 2.27. The first kappa shape index (κ1) is 10.7. The molecule has 4 heteroatoms. The van der Waals surface area contributed by atoms with Gasteiger partial charge in [0.2, 0.25) is 5.13 Å². The topological polar surface area (TPSA) is 29.0 Å². The van der Waals surface area contributed by atoms with Gasteiger partial charge in [-0.3, -0.25) is 0 Å². The number of benzene rings is 1. The van der Waals surface area contributed by atoms with E-state index in [0.717, 1.165) is 36.9 Å². The third-order valence-electron chi connectivity index (χ3n) is 3.21. The summed E-state index contributed by atoms with van der Waals surface area (Å²) in [4.78, 5) is 6.82. The van der Waals surface area contributed by atoms with Crippen molar-refractivity contribution >= 4 is 16.7 Å². The maximum atomic E-state index is 4.47. The minimum Gasteiger partial charge on any atom is -0.346 e. The summed E-state index contributed by atoms with van der Waals surface area (Å²) < 4.78 is 4.26. The van der Waals surface area contributed by atoms with Gasteiger partial charge in [0.05, 0.1) is 0 Å². The van der Waals surface area contributed by atoms with E-state index < -0.39 is 0 Å². The molecule has 17 heavy (non-hydrogen) atoms. The molecule has 1 aliphatic heterocycles. The molecule has 88 valence electrons. The number of hydrogen-bond acceptors (Lipinski definition) is 4. The van der Waals surface area contributed by atoms with Gasteiger partial charge in [0.15, 0.2) is 0 Å². The third kappa shape index (κ3) is 2.17. The van der Waals surface area contributed by atoms with Crippen LogP contribution in [0.15, 0.2) is 24.3 Å². The van der Waals surface area contributed by atoms with Gasteiger partial charge in [-0.1, -0.05) is 24.3 Å². The molecule has 0 fully saturated rings. The molecule has 0 saturated carbocycles. The molecule has 3 nitrogen and oxygen atoms in total.